The van der Waals surface area contributed by atoms with Gasteiger partial charge in [0.15, 0.2) is 0 Å². The minimum atomic E-state index is -3.12. The summed E-state index contributed by atoms with van der Waals surface area (Å²) in [5.41, 5.74) is 0.181. The molecule has 0 bridgehead atoms. The van der Waals surface area contributed by atoms with E-state index in [9.17, 15) is 23.2 Å². The molecule has 2 amide bonds. The predicted octanol–water partition coefficient (Wildman–Crippen LogP) is 3.68. The summed E-state index contributed by atoms with van der Waals surface area (Å²) in [5.74, 6) is -2.05. The molecule has 0 unspecified atom stereocenters. The first-order valence-corrected chi connectivity index (χ1v) is 12.3. The fraction of sp³-hybridized carbons (Fsp3) is 0.481. The third-order valence-corrected chi connectivity index (χ3v) is 6.57. The summed E-state index contributed by atoms with van der Waals surface area (Å²) in [5, 5.41) is 14.8. The lowest BCUT2D eigenvalue weighted by Crippen LogP contribution is -2.67. The number of carboxylic acids is 1. The number of aromatic nitrogens is 1. The van der Waals surface area contributed by atoms with Crippen molar-refractivity contribution in [2.45, 2.75) is 64.5 Å². The fourth-order valence-corrected chi connectivity index (χ4v) is 4.57. The normalized spacial score (nSPS) is 14.8. The van der Waals surface area contributed by atoms with Crippen molar-refractivity contribution in [1.82, 2.24) is 15.2 Å². The fourth-order valence-electron chi connectivity index (χ4n) is 4.57. The molecular formula is C27H34F2N4O5. The SMILES string of the molecule is Cc1ccc(NC(=O)C2(c3ccccc3C(C)C)CN(C(=O)CNC(C)(C)CC(=O)O)C2)c(OC(F)F)n1. The maximum Gasteiger partial charge on any atom is 0.388 e. The molecule has 1 aromatic carbocycles. The van der Waals surface area contributed by atoms with Crippen LogP contribution >= 0.6 is 0 Å². The van der Waals surface area contributed by atoms with Crippen LogP contribution < -0.4 is 15.4 Å². The van der Waals surface area contributed by atoms with Gasteiger partial charge in [-0.1, -0.05) is 38.1 Å². The van der Waals surface area contributed by atoms with Gasteiger partial charge in [-0.25, -0.2) is 4.98 Å². The molecule has 0 aliphatic carbocycles. The molecule has 9 nitrogen and oxygen atoms in total. The van der Waals surface area contributed by atoms with Crippen LogP contribution in [-0.4, -0.2) is 64.6 Å². The van der Waals surface area contributed by atoms with Crippen molar-refractivity contribution in [3.8, 4) is 5.88 Å². The number of anilines is 1. The van der Waals surface area contributed by atoms with Gasteiger partial charge in [-0.15, -0.1) is 0 Å². The minimum Gasteiger partial charge on any atom is -0.481 e. The second kappa shape index (κ2) is 11.4. The van der Waals surface area contributed by atoms with E-state index >= 15 is 0 Å². The zero-order valence-electron chi connectivity index (χ0n) is 22.2. The topological polar surface area (TPSA) is 121 Å². The number of nitrogens with one attached hydrogen (secondary N) is 2. The molecule has 2 heterocycles. The molecule has 1 aliphatic heterocycles. The molecule has 1 aliphatic rings. The summed E-state index contributed by atoms with van der Waals surface area (Å²) in [6.45, 7) is 5.90. The van der Waals surface area contributed by atoms with Crippen LogP contribution in [-0.2, 0) is 19.8 Å². The number of benzene rings is 1. The van der Waals surface area contributed by atoms with Gasteiger partial charge in [0.2, 0.25) is 17.7 Å². The first-order valence-electron chi connectivity index (χ1n) is 12.3. The van der Waals surface area contributed by atoms with Gasteiger partial charge in [-0.2, -0.15) is 8.78 Å². The van der Waals surface area contributed by atoms with E-state index in [4.69, 9.17) is 5.11 Å². The van der Waals surface area contributed by atoms with Gasteiger partial charge >= 0.3 is 12.6 Å². The highest BCUT2D eigenvalue weighted by molar-refractivity contribution is 6.02. The number of carbonyl (C=O) groups is 3. The van der Waals surface area contributed by atoms with Gasteiger partial charge < -0.3 is 25.4 Å². The molecular weight excluding hydrogens is 498 g/mol. The second-order valence-corrected chi connectivity index (χ2v) is 10.5. The number of pyridine rings is 1. The number of nitrogens with zero attached hydrogens (tertiary/aromatic N) is 2. The number of aryl methyl sites for hydroxylation is 1. The first kappa shape index (κ1) is 29.0. The molecule has 0 spiro atoms. The molecule has 206 valence electrons. The Hall–Kier alpha value is -3.60. The predicted molar refractivity (Wildman–Crippen MR) is 137 cm³/mol. The largest absolute Gasteiger partial charge is 0.481 e. The Morgan fingerprint density at radius 2 is 1.82 bits per heavy atom. The van der Waals surface area contributed by atoms with Crippen molar-refractivity contribution >= 4 is 23.5 Å². The Kier molecular flexibility index (Phi) is 8.71. The summed E-state index contributed by atoms with van der Waals surface area (Å²) < 4.78 is 30.5. The van der Waals surface area contributed by atoms with Gasteiger partial charge in [-0.05, 0) is 49.9 Å². The number of aliphatic carboxylic acids is 1. The van der Waals surface area contributed by atoms with Crippen molar-refractivity contribution in [2.75, 3.05) is 25.0 Å². The van der Waals surface area contributed by atoms with E-state index in [2.05, 4.69) is 20.4 Å². The molecule has 2 aromatic rings. The number of hydrogen-bond acceptors (Lipinski definition) is 6. The van der Waals surface area contributed by atoms with Crippen LogP contribution in [0.3, 0.4) is 0 Å². The third kappa shape index (κ3) is 6.63. The van der Waals surface area contributed by atoms with Crippen LogP contribution in [0.1, 0.15) is 56.9 Å². The Morgan fingerprint density at radius 1 is 1.16 bits per heavy atom. The number of carbonyl (C=O) groups excluding carboxylic acids is 2. The average Bonchev–Trinajstić information content (AvgIpc) is 2.78. The number of hydrogen-bond donors (Lipinski definition) is 3. The molecule has 1 fully saturated rings. The maximum atomic E-state index is 13.8. The van der Waals surface area contributed by atoms with Gasteiger partial charge in [0.25, 0.3) is 0 Å². The number of ether oxygens (including phenoxy) is 1. The van der Waals surface area contributed by atoms with Crippen LogP contribution in [0.5, 0.6) is 5.88 Å². The van der Waals surface area contributed by atoms with Crippen molar-refractivity contribution < 1.29 is 33.0 Å². The van der Waals surface area contributed by atoms with E-state index in [1.54, 1.807) is 26.8 Å². The maximum absolute atomic E-state index is 13.8. The van der Waals surface area contributed by atoms with Gasteiger partial charge in [0, 0.05) is 24.3 Å². The van der Waals surface area contributed by atoms with E-state index < -0.39 is 35.3 Å². The smallest absolute Gasteiger partial charge is 0.388 e. The lowest BCUT2D eigenvalue weighted by atomic mass is 9.69. The standard InChI is InChI=1S/C27H34F2N4O5/c1-16(2)18-8-6-7-9-19(18)27(14-33(15-27)21(34)13-30-26(4,5)12-22(35)36)24(37)32-20-11-10-17(3)31-23(20)38-25(28)29/h6-11,16,25,30H,12-15H2,1-5H3,(H,32,37)(H,35,36). The second-order valence-electron chi connectivity index (χ2n) is 10.5. The zero-order chi connectivity index (χ0) is 28.3. The van der Waals surface area contributed by atoms with Crippen LogP contribution in [0, 0.1) is 6.92 Å². The molecule has 11 heteroatoms. The highest BCUT2D eigenvalue weighted by Crippen LogP contribution is 2.40. The molecule has 0 radical (unpaired) electrons. The van der Waals surface area contributed by atoms with Crippen LogP contribution in [0.25, 0.3) is 0 Å². The Morgan fingerprint density at radius 3 is 2.42 bits per heavy atom. The molecule has 1 saturated heterocycles. The highest BCUT2D eigenvalue weighted by Gasteiger charge is 2.53. The van der Waals surface area contributed by atoms with E-state index in [-0.39, 0.29) is 43.6 Å². The highest BCUT2D eigenvalue weighted by atomic mass is 19.3. The lowest BCUT2D eigenvalue weighted by molar-refractivity contribution is -0.144. The van der Waals surface area contributed by atoms with E-state index in [0.29, 0.717) is 5.69 Å². The zero-order valence-corrected chi connectivity index (χ0v) is 22.2. The lowest BCUT2D eigenvalue weighted by Gasteiger charge is -2.50. The minimum absolute atomic E-state index is 0.00386. The molecule has 3 N–H and O–H groups in total. The summed E-state index contributed by atoms with van der Waals surface area (Å²) in [7, 11) is 0. The number of alkyl halides is 2. The number of rotatable bonds is 11. The van der Waals surface area contributed by atoms with Crippen LogP contribution in [0.4, 0.5) is 14.5 Å². The van der Waals surface area contributed by atoms with Crippen molar-refractivity contribution in [2.24, 2.45) is 0 Å². The van der Waals surface area contributed by atoms with Crippen molar-refractivity contribution in [1.29, 1.82) is 0 Å². The summed E-state index contributed by atoms with van der Waals surface area (Å²) in [4.78, 5) is 43.4. The van der Waals surface area contributed by atoms with Crippen LogP contribution in [0.15, 0.2) is 36.4 Å². The van der Waals surface area contributed by atoms with Gasteiger partial charge in [0.05, 0.1) is 13.0 Å². The Balaban J connectivity index is 1.88. The van der Waals surface area contributed by atoms with E-state index in [0.717, 1.165) is 11.1 Å². The number of carboxylic acid groups (broad SMARTS) is 1. The van der Waals surface area contributed by atoms with E-state index in [1.165, 1.54) is 11.0 Å². The monoisotopic (exact) mass is 532 g/mol. The summed E-state index contributed by atoms with van der Waals surface area (Å²) >= 11 is 0. The quantitative estimate of drug-likeness (QED) is 0.404. The van der Waals surface area contributed by atoms with Crippen molar-refractivity contribution in [3.63, 3.8) is 0 Å². The van der Waals surface area contributed by atoms with Gasteiger partial charge in [-0.3, -0.25) is 14.4 Å². The summed E-state index contributed by atoms with van der Waals surface area (Å²) in [6, 6.07) is 10.5. The van der Waals surface area contributed by atoms with Gasteiger partial charge in [0.1, 0.15) is 11.1 Å². The Labute approximate surface area is 220 Å². The number of halogens is 2. The van der Waals surface area contributed by atoms with Crippen molar-refractivity contribution in [3.05, 3.63) is 53.2 Å². The Bertz CT molecular complexity index is 1200. The van der Waals surface area contributed by atoms with Crippen LogP contribution in [0.2, 0.25) is 0 Å². The molecule has 1 aromatic heterocycles. The molecule has 0 saturated carbocycles. The molecule has 3 rings (SSSR count). The number of likely N-dealkylation sites (tertiary alicyclic amines) is 1. The molecule has 0 atom stereocenters. The first-order chi connectivity index (χ1) is 17.7. The summed E-state index contributed by atoms with van der Waals surface area (Å²) in [6.07, 6.45) is -0.165. The average molecular weight is 533 g/mol. The third-order valence-electron chi connectivity index (χ3n) is 6.57. The number of amides is 2. The molecule has 38 heavy (non-hydrogen) atoms. The van der Waals surface area contributed by atoms with E-state index in [1.807, 2.05) is 38.1 Å².